The van der Waals surface area contributed by atoms with Gasteiger partial charge < -0.3 is 14.7 Å². The van der Waals surface area contributed by atoms with Crippen LogP contribution in [0.15, 0.2) is 39.5 Å². The van der Waals surface area contributed by atoms with Gasteiger partial charge in [0.1, 0.15) is 0 Å². The molecular formula is C6H15O4P. The van der Waals surface area contributed by atoms with Crippen LogP contribution < -0.4 is 0 Å². The molecule has 0 saturated carbocycles. The smallest absolute Gasteiger partial charge is 0.303 e. The first-order valence-electron chi connectivity index (χ1n) is 2.28. The lowest BCUT2D eigenvalue weighted by Crippen LogP contribution is -1.66. The van der Waals surface area contributed by atoms with Gasteiger partial charge in [0.2, 0.25) is 0 Å². The highest BCUT2D eigenvalue weighted by molar-refractivity contribution is 7.45. The largest absolute Gasteiger partial charge is 0.466 e. The van der Waals surface area contributed by atoms with E-state index in [1.165, 1.54) is 0 Å². The molecule has 0 aliphatic carbocycles. The Balaban J connectivity index is -0.0000000350. The molecular weight excluding hydrogens is 167 g/mol. The third-order valence-corrected chi connectivity index (χ3v) is 0. The van der Waals surface area contributed by atoms with Gasteiger partial charge >= 0.3 is 7.82 Å². The highest BCUT2D eigenvalue weighted by Crippen LogP contribution is 2.25. The molecule has 0 spiro atoms. The summed E-state index contributed by atoms with van der Waals surface area (Å²) in [6.07, 6.45) is 0. The summed E-state index contributed by atoms with van der Waals surface area (Å²) < 4.78 is 8.88. The second-order valence-electron chi connectivity index (χ2n) is 0.513. The number of hydrogen-bond acceptors (Lipinski definition) is 1. The van der Waals surface area contributed by atoms with Gasteiger partial charge in [0.05, 0.1) is 0 Å². The molecule has 0 amide bonds. The predicted octanol–water partition coefficient (Wildman–Crippen LogP) is 1.48. The van der Waals surface area contributed by atoms with E-state index < -0.39 is 7.82 Å². The van der Waals surface area contributed by atoms with E-state index in [0.717, 1.165) is 0 Å². The third kappa shape index (κ3) is 1120. The van der Waals surface area contributed by atoms with Crippen molar-refractivity contribution in [3.63, 3.8) is 0 Å². The molecule has 0 aromatic rings. The minimum atomic E-state index is -4.64. The van der Waals surface area contributed by atoms with Crippen molar-refractivity contribution >= 4 is 7.82 Å². The molecule has 0 fully saturated rings. The molecule has 0 heterocycles. The van der Waals surface area contributed by atoms with E-state index in [-0.39, 0.29) is 0 Å². The van der Waals surface area contributed by atoms with Crippen molar-refractivity contribution < 1.29 is 19.2 Å². The Hall–Kier alpha value is -0.670. The lowest BCUT2D eigenvalue weighted by Gasteiger charge is -1.82. The summed E-state index contributed by atoms with van der Waals surface area (Å²) in [5.74, 6) is 0. The Morgan fingerprint density at radius 2 is 0.727 bits per heavy atom. The zero-order valence-electron chi connectivity index (χ0n) is 6.44. The van der Waals surface area contributed by atoms with Crippen molar-refractivity contribution in [2.24, 2.45) is 0 Å². The molecule has 0 aromatic heterocycles. The van der Waals surface area contributed by atoms with Gasteiger partial charge in [-0.2, -0.15) is 0 Å². The molecule has 0 aromatic carbocycles. The van der Waals surface area contributed by atoms with E-state index in [0.29, 0.717) is 0 Å². The molecule has 0 saturated heterocycles. The SMILES string of the molecule is C=C.C=C.C=C.O=P(O)(O)O. The minimum absolute atomic E-state index is 3.00. The van der Waals surface area contributed by atoms with Crippen molar-refractivity contribution in [2.45, 2.75) is 0 Å². The third-order valence-electron chi connectivity index (χ3n) is 0. The van der Waals surface area contributed by atoms with Crippen LogP contribution in [-0.4, -0.2) is 14.7 Å². The van der Waals surface area contributed by atoms with Gasteiger partial charge in [0, 0.05) is 0 Å². The number of hydrogen-bond donors (Lipinski definition) is 3. The lowest BCUT2D eigenvalue weighted by atomic mass is 11.3. The van der Waals surface area contributed by atoms with E-state index >= 15 is 0 Å². The molecule has 0 aliphatic heterocycles. The quantitative estimate of drug-likeness (QED) is 0.391. The normalized spacial score (nSPS) is 6.45. The molecule has 0 radical (unpaired) electrons. The van der Waals surface area contributed by atoms with Crippen LogP contribution in [0.5, 0.6) is 0 Å². The highest BCUT2D eigenvalue weighted by Gasteiger charge is 2.00. The van der Waals surface area contributed by atoms with Crippen molar-refractivity contribution in [1.82, 2.24) is 0 Å². The van der Waals surface area contributed by atoms with Gasteiger partial charge in [0.15, 0.2) is 0 Å². The minimum Gasteiger partial charge on any atom is -0.303 e. The Morgan fingerprint density at radius 3 is 0.727 bits per heavy atom. The van der Waals surface area contributed by atoms with Crippen LogP contribution in [0.25, 0.3) is 0 Å². The molecule has 5 heteroatoms. The highest BCUT2D eigenvalue weighted by atomic mass is 31.2. The fourth-order valence-electron chi connectivity index (χ4n) is 0. The molecule has 0 bridgehead atoms. The molecule has 0 unspecified atom stereocenters. The first kappa shape index (κ1) is 22.4. The van der Waals surface area contributed by atoms with Gasteiger partial charge in [-0.25, -0.2) is 4.57 Å². The summed E-state index contributed by atoms with van der Waals surface area (Å²) in [5.41, 5.74) is 0. The fourth-order valence-corrected chi connectivity index (χ4v) is 0. The van der Waals surface area contributed by atoms with Gasteiger partial charge in [-0.1, -0.05) is 0 Å². The summed E-state index contributed by atoms with van der Waals surface area (Å²) in [6.45, 7) is 18.0. The fraction of sp³-hybridized carbons (Fsp3) is 0. The maximum absolute atomic E-state index is 8.88. The predicted molar refractivity (Wildman–Crippen MR) is 48.0 cm³/mol. The van der Waals surface area contributed by atoms with Crippen molar-refractivity contribution in [3.05, 3.63) is 39.5 Å². The monoisotopic (exact) mass is 182 g/mol. The second kappa shape index (κ2) is 22.8. The van der Waals surface area contributed by atoms with Crippen molar-refractivity contribution in [1.29, 1.82) is 0 Å². The maximum atomic E-state index is 8.88. The molecule has 4 nitrogen and oxygen atoms in total. The topological polar surface area (TPSA) is 77.8 Å². The molecule has 0 atom stereocenters. The molecule has 68 valence electrons. The van der Waals surface area contributed by atoms with Crippen molar-refractivity contribution in [3.8, 4) is 0 Å². The van der Waals surface area contributed by atoms with Crippen LogP contribution in [-0.2, 0) is 4.57 Å². The van der Waals surface area contributed by atoms with Gasteiger partial charge in [-0.15, -0.1) is 39.5 Å². The summed E-state index contributed by atoms with van der Waals surface area (Å²) in [7, 11) is -4.64. The van der Waals surface area contributed by atoms with E-state index in [1.807, 2.05) is 0 Å². The Bertz CT molecular complexity index is 85.7. The van der Waals surface area contributed by atoms with Crippen molar-refractivity contribution in [2.75, 3.05) is 0 Å². The van der Waals surface area contributed by atoms with Gasteiger partial charge in [-0.3, -0.25) is 0 Å². The van der Waals surface area contributed by atoms with E-state index in [2.05, 4.69) is 39.5 Å². The molecule has 3 N–H and O–H groups in total. The van der Waals surface area contributed by atoms with E-state index in [1.54, 1.807) is 0 Å². The van der Waals surface area contributed by atoms with Gasteiger partial charge in [0.25, 0.3) is 0 Å². The first-order valence-corrected chi connectivity index (χ1v) is 3.85. The lowest BCUT2D eigenvalue weighted by molar-refractivity contribution is 0.275. The Labute approximate surface area is 67.4 Å². The standard InChI is InChI=1S/3C2H4.H3O4P/c3*1-2;1-5(2,3)4/h3*1-2H2;(H3,1,2,3,4). The maximum Gasteiger partial charge on any atom is 0.466 e. The molecule has 11 heavy (non-hydrogen) atoms. The second-order valence-corrected chi connectivity index (χ2v) is 1.54. The average Bonchev–Trinajstić information content (AvgIpc) is 1.96. The summed E-state index contributed by atoms with van der Waals surface area (Å²) in [4.78, 5) is 21.6. The van der Waals surface area contributed by atoms with Crippen LogP contribution in [0.3, 0.4) is 0 Å². The molecule has 0 aliphatic rings. The first-order chi connectivity index (χ1) is 5.00. The summed E-state index contributed by atoms with van der Waals surface area (Å²) in [5, 5.41) is 0. The van der Waals surface area contributed by atoms with E-state index in [4.69, 9.17) is 19.2 Å². The van der Waals surface area contributed by atoms with Crippen LogP contribution in [0, 0.1) is 0 Å². The number of phosphoric acid groups is 1. The Kier molecular flexibility index (Phi) is 46.5. The van der Waals surface area contributed by atoms with E-state index in [9.17, 15) is 0 Å². The van der Waals surface area contributed by atoms with Gasteiger partial charge in [-0.05, 0) is 0 Å². The van der Waals surface area contributed by atoms with Crippen LogP contribution in [0.2, 0.25) is 0 Å². The van der Waals surface area contributed by atoms with Crippen LogP contribution in [0.1, 0.15) is 0 Å². The summed E-state index contributed by atoms with van der Waals surface area (Å²) in [6, 6.07) is 0. The average molecular weight is 182 g/mol. The number of rotatable bonds is 0. The Morgan fingerprint density at radius 1 is 0.727 bits per heavy atom. The zero-order chi connectivity index (χ0) is 10.5. The zero-order valence-corrected chi connectivity index (χ0v) is 7.33. The summed E-state index contributed by atoms with van der Waals surface area (Å²) >= 11 is 0. The molecule has 0 rings (SSSR count). The van der Waals surface area contributed by atoms with Crippen LogP contribution in [0.4, 0.5) is 0 Å². The van der Waals surface area contributed by atoms with Crippen LogP contribution >= 0.6 is 7.82 Å².